The third-order valence-corrected chi connectivity index (χ3v) is 6.08. The van der Waals surface area contributed by atoms with E-state index in [1.807, 2.05) is 0 Å². The maximum absolute atomic E-state index is 15.1. The predicted octanol–water partition coefficient (Wildman–Crippen LogP) is 5.48. The Morgan fingerprint density at radius 1 is 0.949 bits per heavy atom. The highest BCUT2D eigenvalue weighted by atomic mass is 19.1. The second-order valence-corrected chi connectivity index (χ2v) is 8.57. The molecule has 0 unspecified atom stereocenters. The van der Waals surface area contributed by atoms with Crippen molar-refractivity contribution in [2.75, 3.05) is 18.5 Å². The van der Waals surface area contributed by atoms with Crippen LogP contribution in [0, 0.1) is 11.6 Å². The zero-order chi connectivity index (χ0) is 26.9. The molecule has 0 fully saturated rings. The van der Waals surface area contributed by atoms with Gasteiger partial charge in [-0.3, -0.25) is 19.1 Å². The molecule has 0 saturated heterocycles. The fraction of sp³-hybridized carbons (Fsp3) is 0.0690. The topological polar surface area (TPSA) is 91.7 Å². The van der Waals surface area contributed by atoms with Gasteiger partial charge in [0.1, 0.15) is 30.3 Å². The van der Waals surface area contributed by atoms with E-state index < -0.39 is 23.1 Å². The second kappa shape index (κ2) is 9.90. The zero-order valence-corrected chi connectivity index (χ0v) is 20.2. The number of nitrogens with zero attached hydrogens (tertiary/aromatic N) is 2. The summed E-state index contributed by atoms with van der Waals surface area (Å²) in [5.74, 6) is -0.666. The number of nitrogens with one attached hydrogen (secondary N) is 1. The van der Waals surface area contributed by atoms with Gasteiger partial charge in [-0.1, -0.05) is 0 Å². The van der Waals surface area contributed by atoms with Gasteiger partial charge in [0.25, 0.3) is 11.5 Å². The Labute approximate surface area is 220 Å². The van der Waals surface area contributed by atoms with Crippen molar-refractivity contribution in [2.24, 2.45) is 0 Å². The molecule has 0 saturated carbocycles. The van der Waals surface area contributed by atoms with Crippen molar-refractivity contribution in [3.05, 3.63) is 113 Å². The van der Waals surface area contributed by atoms with Crippen LogP contribution >= 0.6 is 0 Å². The Hall–Kier alpha value is -5.25. The van der Waals surface area contributed by atoms with Crippen LogP contribution in [0.1, 0.15) is 10.4 Å². The summed E-state index contributed by atoms with van der Waals surface area (Å²) in [5, 5.41) is 3.08. The number of pyridine rings is 2. The fourth-order valence-corrected chi connectivity index (χ4v) is 4.25. The van der Waals surface area contributed by atoms with E-state index in [2.05, 4.69) is 10.3 Å². The molecule has 3 heterocycles. The number of rotatable bonds is 5. The maximum atomic E-state index is 15.1. The predicted molar refractivity (Wildman–Crippen MR) is 139 cm³/mol. The Bertz CT molecular complexity index is 1790. The summed E-state index contributed by atoms with van der Waals surface area (Å²) in [7, 11) is 0. The molecule has 1 aliphatic heterocycles. The lowest BCUT2D eigenvalue weighted by Gasteiger charge is -2.21. The van der Waals surface area contributed by atoms with Crippen molar-refractivity contribution in [1.29, 1.82) is 0 Å². The van der Waals surface area contributed by atoms with Crippen LogP contribution in [-0.2, 0) is 0 Å². The molecule has 0 spiro atoms. The monoisotopic (exact) mass is 527 g/mol. The standard InChI is InChI=1S/C29H19F2N3O5/c30-17-3-6-19(7-4-17)34-13-1-2-20(29(34)36)28(35)33-18-5-9-23(21(31)16-18)39-24-11-12-32-22-8-10-25-27(26(22)24)38-15-14-37-25/h1-13,16H,14-15H2,(H,33,35). The number of amides is 1. The minimum atomic E-state index is -0.739. The summed E-state index contributed by atoms with van der Waals surface area (Å²) < 4.78 is 46.9. The van der Waals surface area contributed by atoms with E-state index in [1.54, 1.807) is 24.4 Å². The van der Waals surface area contributed by atoms with Gasteiger partial charge in [-0.15, -0.1) is 0 Å². The Balaban J connectivity index is 1.25. The molecular weight excluding hydrogens is 508 g/mol. The summed E-state index contributed by atoms with van der Waals surface area (Å²) in [6, 6.07) is 17.2. The molecule has 0 aliphatic carbocycles. The molecule has 3 aromatic carbocycles. The first kappa shape index (κ1) is 24.1. The van der Waals surface area contributed by atoms with Crippen LogP contribution in [0.2, 0.25) is 0 Å². The first-order valence-electron chi connectivity index (χ1n) is 11.9. The van der Waals surface area contributed by atoms with Gasteiger partial charge < -0.3 is 19.5 Å². The average molecular weight is 527 g/mol. The van der Waals surface area contributed by atoms with E-state index in [0.29, 0.717) is 47.1 Å². The third-order valence-electron chi connectivity index (χ3n) is 6.08. The largest absolute Gasteiger partial charge is 0.486 e. The zero-order valence-electron chi connectivity index (χ0n) is 20.2. The molecule has 6 rings (SSSR count). The minimum Gasteiger partial charge on any atom is -0.486 e. The van der Waals surface area contributed by atoms with Gasteiger partial charge in [0.15, 0.2) is 23.1 Å². The van der Waals surface area contributed by atoms with Crippen molar-refractivity contribution in [2.45, 2.75) is 0 Å². The number of halogens is 2. The van der Waals surface area contributed by atoms with Gasteiger partial charge in [-0.25, -0.2) is 8.78 Å². The molecule has 5 aromatic rings. The Morgan fingerprint density at radius 3 is 2.59 bits per heavy atom. The van der Waals surface area contributed by atoms with Crippen LogP contribution in [0.3, 0.4) is 0 Å². The number of carbonyl (C=O) groups is 1. The molecule has 0 bridgehead atoms. The lowest BCUT2D eigenvalue weighted by molar-refractivity contribution is 0.102. The number of carbonyl (C=O) groups excluding carboxylic acids is 1. The summed E-state index contributed by atoms with van der Waals surface area (Å²) in [6.07, 6.45) is 3.01. The van der Waals surface area contributed by atoms with E-state index in [9.17, 15) is 14.0 Å². The molecule has 194 valence electrons. The number of anilines is 1. The van der Waals surface area contributed by atoms with E-state index in [-0.39, 0.29) is 17.0 Å². The number of hydrogen-bond acceptors (Lipinski definition) is 6. The van der Waals surface area contributed by atoms with E-state index >= 15 is 4.39 Å². The molecule has 1 aliphatic rings. The van der Waals surface area contributed by atoms with Gasteiger partial charge in [0.2, 0.25) is 0 Å². The van der Waals surface area contributed by atoms with Gasteiger partial charge in [-0.2, -0.15) is 0 Å². The smallest absolute Gasteiger partial charge is 0.267 e. The first-order chi connectivity index (χ1) is 19.0. The van der Waals surface area contributed by atoms with E-state index in [1.165, 1.54) is 59.3 Å². The highest BCUT2D eigenvalue weighted by molar-refractivity contribution is 6.04. The molecule has 0 radical (unpaired) electrons. The first-order valence-corrected chi connectivity index (χ1v) is 11.9. The summed E-state index contributed by atoms with van der Waals surface area (Å²) in [6.45, 7) is 0.777. The number of benzene rings is 3. The lowest BCUT2D eigenvalue weighted by atomic mass is 10.1. The summed E-state index contributed by atoms with van der Waals surface area (Å²) in [5.41, 5.74) is 0.328. The van der Waals surface area contributed by atoms with Crippen LogP contribution in [-0.4, -0.2) is 28.7 Å². The van der Waals surface area contributed by atoms with Crippen LogP contribution in [0.4, 0.5) is 14.5 Å². The number of aromatic nitrogens is 2. The minimum absolute atomic E-state index is 0.0896. The normalized spacial score (nSPS) is 12.3. The van der Waals surface area contributed by atoms with Crippen molar-refractivity contribution in [1.82, 2.24) is 9.55 Å². The SMILES string of the molecule is O=C(Nc1ccc(Oc2ccnc3ccc4c(c23)OCCO4)c(F)c1)c1cccn(-c2ccc(F)cc2)c1=O. The third kappa shape index (κ3) is 4.63. The second-order valence-electron chi connectivity index (χ2n) is 8.57. The molecule has 0 atom stereocenters. The van der Waals surface area contributed by atoms with Crippen molar-refractivity contribution >= 4 is 22.5 Å². The maximum Gasteiger partial charge on any atom is 0.267 e. The molecule has 1 amide bonds. The molecule has 2 aromatic heterocycles. The number of fused-ring (bicyclic) bond motifs is 3. The van der Waals surface area contributed by atoms with Crippen molar-refractivity contribution in [3.8, 4) is 28.7 Å². The summed E-state index contributed by atoms with van der Waals surface area (Å²) in [4.78, 5) is 30.1. The highest BCUT2D eigenvalue weighted by Crippen LogP contribution is 2.43. The van der Waals surface area contributed by atoms with Crippen LogP contribution in [0.5, 0.6) is 23.0 Å². The van der Waals surface area contributed by atoms with Gasteiger partial charge >= 0.3 is 0 Å². The molecule has 10 heteroatoms. The number of hydrogen-bond donors (Lipinski definition) is 1. The fourth-order valence-electron chi connectivity index (χ4n) is 4.25. The van der Waals surface area contributed by atoms with Gasteiger partial charge in [0.05, 0.1) is 10.9 Å². The number of ether oxygens (including phenoxy) is 3. The molecule has 8 nitrogen and oxygen atoms in total. The van der Waals surface area contributed by atoms with Crippen molar-refractivity contribution in [3.63, 3.8) is 0 Å². The molecule has 39 heavy (non-hydrogen) atoms. The van der Waals surface area contributed by atoms with Crippen LogP contribution in [0.15, 0.2) is 90.0 Å². The quantitative estimate of drug-likeness (QED) is 0.326. The van der Waals surface area contributed by atoms with Gasteiger partial charge in [0, 0.05) is 29.8 Å². The molecular formula is C29H19F2N3O5. The molecule has 1 N–H and O–H groups in total. The van der Waals surface area contributed by atoms with Crippen LogP contribution < -0.4 is 25.1 Å². The average Bonchev–Trinajstić information content (AvgIpc) is 2.95. The lowest BCUT2D eigenvalue weighted by Crippen LogP contribution is -2.27. The highest BCUT2D eigenvalue weighted by Gasteiger charge is 2.20. The Morgan fingerprint density at radius 2 is 1.77 bits per heavy atom. The van der Waals surface area contributed by atoms with Crippen molar-refractivity contribution < 1.29 is 27.8 Å². The van der Waals surface area contributed by atoms with Gasteiger partial charge in [-0.05, 0) is 66.7 Å². The van der Waals surface area contributed by atoms with E-state index in [0.717, 1.165) is 6.07 Å². The van der Waals surface area contributed by atoms with E-state index in [4.69, 9.17) is 14.2 Å². The Kier molecular flexibility index (Phi) is 6.12. The van der Waals surface area contributed by atoms with Crippen LogP contribution in [0.25, 0.3) is 16.6 Å². The summed E-state index contributed by atoms with van der Waals surface area (Å²) >= 11 is 0.